The molecule has 2 aliphatic heterocycles. The van der Waals surface area contributed by atoms with Crippen molar-refractivity contribution in [3.63, 3.8) is 0 Å². The van der Waals surface area contributed by atoms with Crippen LogP contribution in [0.3, 0.4) is 0 Å². The van der Waals surface area contributed by atoms with Crippen LogP contribution in [0.25, 0.3) is 0 Å². The summed E-state index contributed by atoms with van der Waals surface area (Å²) in [4.78, 5) is 52.7. The lowest BCUT2D eigenvalue weighted by molar-refractivity contribution is -0.136. The topological polar surface area (TPSA) is 108 Å². The van der Waals surface area contributed by atoms with E-state index in [0.29, 0.717) is 12.3 Å². The highest BCUT2D eigenvalue weighted by molar-refractivity contribution is 6.25. The van der Waals surface area contributed by atoms with E-state index in [1.54, 1.807) is 18.2 Å². The van der Waals surface area contributed by atoms with Gasteiger partial charge in [-0.25, -0.2) is 0 Å². The van der Waals surface area contributed by atoms with Gasteiger partial charge in [0.05, 0.1) is 16.8 Å². The number of ether oxygens (including phenoxy) is 1. The summed E-state index contributed by atoms with van der Waals surface area (Å²) in [6, 6.07) is 11.2. The number of fused-ring (bicyclic) bond motifs is 1. The maximum atomic E-state index is 13.1. The molecule has 1 fully saturated rings. The van der Waals surface area contributed by atoms with Crippen LogP contribution in [0.5, 0.6) is 5.75 Å². The number of likely N-dealkylation sites (N-methyl/N-ethyl adjacent to an activating group) is 1. The van der Waals surface area contributed by atoms with Crippen molar-refractivity contribution in [2.75, 3.05) is 32.6 Å². The van der Waals surface area contributed by atoms with Gasteiger partial charge < -0.3 is 15.0 Å². The molecule has 0 aliphatic carbocycles. The highest BCUT2D eigenvalue weighted by Gasteiger charge is 2.45. The van der Waals surface area contributed by atoms with Gasteiger partial charge in [0.15, 0.2) is 0 Å². The fourth-order valence-electron chi connectivity index (χ4n) is 3.76. The number of carbonyl (C=O) groups is 4. The van der Waals surface area contributed by atoms with Crippen LogP contribution in [0.1, 0.15) is 33.6 Å². The molecule has 166 valence electrons. The fourth-order valence-corrected chi connectivity index (χ4v) is 3.76. The molecule has 32 heavy (non-hydrogen) atoms. The molecule has 4 rings (SSSR count). The summed E-state index contributed by atoms with van der Waals surface area (Å²) in [6.45, 7) is 1.37. The lowest BCUT2D eigenvalue weighted by atomic mass is 10.0. The summed E-state index contributed by atoms with van der Waals surface area (Å²) in [5.41, 5.74) is 1.64. The molecule has 9 heteroatoms. The van der Waals surface area contributed by atoms with Crippen molar-refractivity contribution < 1.29 is 23.9 Å². The van der Waals surface area contributed by atoms with Gasteiger partial charge in [-0.1, -0.05) is 6.07 Å². The van der Waals surface area contributed by atoms with Crippen LogP contribution < -0.4 is 15.4 Å². The predicted molar refractivity (Wildman–Crippen MR) is 117 cm³/mol. The quantitative estimate of drug-likeness (QED) is 0.637. The molecule has 2 aromatic carbocycles. The van der Waals surface area contributed by atoms with Crippen LogP contribution in [0.15, 0.2) is 42.5 Å². The number of imide groups is 2. The minimum absolute atomic E-state index is 0.0812. The molecule has 0 aromatic heterocycles. The average Bonchev–Trinajstić information content (AvgIpc) is 3.00. The van der Waals surface area contributed by atoms with Gasteiger partial charge in [0.1, 0.15) is 18.4 Å². The second-order valence-electron chi connectivity index (χ2n) is 7.98. The van der Waals surface area contributed by atoms with Crippen molar-refractivity contribution in [3.05, 3.63) is 53.6 Å². The number of amides is 4. The standard InChI is InChI=1S/C23H24N4O5/c1-26(2)12-13-32-15-8-6-14(7-9-15)24-17-5-3-4-16-20(17)23(31)27(22(16)30)18-10-11-19(28)25-21(18)29/h3-9,18,24H,10-13H2,1-2H3,(H,25,28,29). The minimum atomic E-state index is -0.994. The number of anilines is 2. The highest BCUT2D eigenvalue weighted by Crippen LogP contribution is 2.34. The number of rotatable bonds is 7. The molecule has 2 aliphatic rings. The zero-order valence-electron chi connectivity index (χ0n) is 17.9. The normalized spacial score (nSPS) is 18.1. The van der Waals surface area contributed by atoms with E-state index in [1.165, 1.54) is 0 Å². The van der Waals surface area contributed by atoms with E-state index in [-0.39, 0.29) is 24.0 Å². The maximum absolute atomic E-state index is 13.1. The molecule has 0 saturated carbocycles. The smallest absolute Gasteiger partial charge is 0.264 e. The van der Waals surface area contributed by atoms with Crippen LogP contribution >= 0.6 is 0 Å². The van der Waals surface area contributed by atoms with Crippen molar-refractivity contribution in [1.29, 1.82) is 0 Å². The van der Waals surface area contributed by atoms with Gasteiger partial charge in [-0.2, -0.15) is 0 Å². The Kier molecular flexibility index (Phi) is 5.91. The van der Waals surface area contributed by atoms with E-state index in [4.69, 9.17) is 4.74 Å². The van der Waals surface area contributed by atoms with Crippen molar-refractivity contribution in [2.45, 2.75) is 18.9 Å². The number of nitrogens with zero attached hydrogens (tertiary/aromatic N) is 2. The summed E-state index contributed by atoms with van der Waals surface area (Å²) < 4.78 is 5.69. The summed E-state index contributed by atoms with van der Waals surface area (Å²) in [7, 11) is 3.95. The van der Waals surface area contributed by atoms with Gasteiger partial charge in [0.2, 0.25) is 11.8 Å². The Morgan fingerprint density at radius 2 is 1.81 bits per heavy atom. The number of nitrogens with one attached hydrogen (secondary N) is 2. The number of hydrogen-bond acceptors (Lipinski definition) is 7. The van der Waals surface area contributed by atoms with Gasteiger partial charge >= 0.3 is 0 Å². The van der Waals surface area contributed by atoms with Crippen LogP contribution in [0, 0.1) is 0 Å². The number of benzene rings is 2. The Morgan fingerprint density at radius 1 is 1.06 bits per heavy atom. The number of carbonyl (C=O) groups excluding carboxylic acids is 4. The Hall–Kier alpha value is -3.72. The summed E-state index contributed by atoms with van der Waals surface area (Å²) >= 11 is 0. The van der Waals surface area contributed by atoms with Crippen LogP contribution in [-0.2, 0) is 9.59 Å². The van der Waals surface area contributed by atoms with E-state index in [1.807, 2.05) is 43.3 Å². The van der Waals surface area contributed by atoms with Gasteiger partial charge in [-0.05, 0) is 56.9 Å². The first-order valence-corrected chi connectivity index (χ1v) is 10.3. The minimum Gasteiger partial charge on any atom is -0.492 e. The zero-order chi connectivity index (χ0) is 22.8. The zero-order valence-corrected chi connectivity index (χ0v) is 17.9. The molecular weight excluding hydrogens is 412 g/mol. The first-order chi connectivity index (χ1) is 15.3. The first kappa shape index (κ1) is 21.5. The van der Waals surface area contributed by atoms with Crippen molar-refractivity contribution in [2.24, 2.45) is 0 Å². The number of piperidine rings is 1. The maximum Gasteiger partial charge on any atom is 0.264 e. The predicted octanol–water partition coefficient (Wildman–Crippen LogP) is 1.77. The largest absolute Gasteiger partial charge is 0.492 e. The third-order valence-corrected chi connectivity index (χ3v) is 5.41. The lowest BCUT2D eigenvalue weighted by Crippen LogP contribution is -2.54. The second-order valence-corrected chi connectivity index (χ2v) is 7.98. The molecule has 2 aromatic rings. The molecule has 2 heterocycles. The molecule has 0 bridgehead atoms. The van der Waals surface area contributed by atoms with E-state index in [9.17, 15) is 19.2 Å². The Bertz CT molecular complexity index is 1080. The van der Waals surface area contributed by atoms with Gasteiger partial charge in [-0.3, -0.25) is 29.4 Å². The second kappa shape index (κ2) is 8.80. The van der Waals surface area contributed by atoms with Crippen LogP contribution in [0.4, 0.5) is 11.4 Å². The average molecular weight is 436 g/mol. The van der Waals surface area contributed by atoms with Crippen molar-refractivity contribution >= 4 is 35.0 Å². The summed E-state index contributed by atoms with van der Waals surface area (Å²) in [6.07, 6.45) is 0.200. The van der Waals surface area contributed by atoms with Gasteiger partial charge in [0, 0.05) is 18.7 Å². The molecule has 0 spiro atoms. The third-order valence-electron chi connectivity index (χ3n) is 5.41. The lowest BCUT2D eigenvalue weighted by Gasteiger charge is -2.27. The van der Waals surface area contributed by atoms with Crippen molar-refractivity contribution in [3.8, 4) is 5.75 Å². The van der Waals surface area contributed by atoms with Gasteiger partial charge in [0.25, 0.3) is 11.8 Å². The molecule has 2 N–H and O–H groups in total. The first-order valence-electron chi connectivity index (χ1n) is 10.3. The molecule has 1 saturated heterocycles. The molecule has 1 unspecified atom stereocenters. The molecule has 1 atom stereocenters. The third kappa shape index (κ3) is 4.19. The summed E-state index contributed by atoms with van der Waals surface area (Å²) in [5, 5.41) is 5.38. The fraction of sp³-hybridized carbons (Fsp3) is 0.304. The molecular formula is C23H24N4O5. The monoisotopic (exact) mass is 436 g/mol. The Balaban J connectivity index is 1.52. The summed E-state index contributed by atoms with van der Waals surface area (Å²) in [5.74, 6) is -1.39. The van der Waals surface area contributed by atoms with E-state index >= 15 is 0 Å². The van der Waals surface area contributed by atoms with Crippen molar-refractivity contribution in [1.82, 2.24) is 15.1 Å². The highest BCUT2D eigenvalue weighted by atomic mass is 16.5. The molecule has 4 amide bonds. The van der Waals surface area contributed by atoms with Crippen LogP contribution in [0.2, 0.25) is 0 Å². The van der Waals surface area contributed by atoms with Gasteiger partial charge in [-0.15, -0.1) is 0 Å². The van der Waals surface area contributed by atoms with E-state index < -0.39 is 29.7 Å². The van der Waals surface area contributed by atoms with E-state index in [2.05, 4.69) is 10.6 Å². The van der Waals surface area contributed by atoms with E-state index in [0.717, 1.165) is 22.9 Å². The van der Waals surface area contributed by atoms with Crippen LogP contribution in [-0.4, -0.2) is 66.7 Å². The Labute approximate surface area is 185 Å². The molecule has 0 radical (unpaired) electrons. The number of hydrogen-bond donors (Lipinski definition) is 2. The Morgan fingerprint density at radius 3 is 2.50 bits per heavy atom. The molecule has 9 nitrogen and oxygen atoms in total. The SMILES string of the molecule is CN(C)CCOc1ccc(Nc2cccc3c2C(=O)N(C2CCC(=O)NC2=O)C3=O)cc1.